The molecule has 2 aliphatic heterocycles. The zero-order valence-corrected chi connectivity index (χ0v) is 17.2. The predicted octanol–water partition coefficient (Wildman–Crippen LogP) is 4.44. The number of benzene rings is 3. The molecule has 130 valence electrons. The molecule has 0 saturated heterocycles. The van der Waals surface area contributed by atoms with Crippen LogP contribution in [0.15, 0.2) is 72.8 Å². The highest BCUT2D eigenvalue weighted by Crippen LogP contribution is 2.51. The van der Waals surface area contributed by atoms with Crippen molar-refractivity contribution in [3.05, 3.63) is 83.9 Å². The van der Waals surface area contributed by atoms with Gasteiger partial charge in [-0.1, -0.05) is 86.6 Å². The molecule has 2 heterocycles. The number of fused-ring (bicyclic) bond motifs is 2. The van der Waals surface area contributed by atoms with Gasteiger partial charge in [0.2, 0.25) is 0 Å². The molecule has 2 heteroatoms. The average Bonchev–Trinajstić information content (AvgIpc) is 3.17. The first-order chi connectivity index (χ1) is 12.7. The summed E-state index contributed by atoms with van der Waals surface area (Å²) in [6, 6.07) is 27.7. The van der Waals surface area contributed by atoms with Gasteiger partial charge in [0.1, 0.15) is 0 Å². The number of hydrogen-bond donors (Lipinski definition) is 0. The molecule has 0 bridgehead atoms. The zero-order chi connectivity index (χ0) is 17.7. The fourth-order valence-corrected chi connectivity index (χ4v) is 11.1. The summed E-state index contributed by atoms with van der Waals surface area (Å²) >= 11 is 0. The van der Waals surface area contributed by atoms with E-state index >= 15 is 0 Å². The lowest BCUT2D eigenvalue weighted by atomic mass is 10.1. The van der Waals surface area contributed by atoms with Crippen LogP contribution in [0.3, 0.4) is 0 Å². The quantitative estimate of drug-likeness (QED) is 0.582. The van der Waals surface area contributed by atoms with Crippen LogP contribution < -0.4 is 21.2 Å². The maximum atomic E-state index is 2.46. The van der Waals surface area contributed by atoms with Gasteiger partial charge in [0.25, 0.3) is 0 Å². The third-order valence-electron chi connectivity index (χ3n) is 5.82. The van der Waals surface area contributed by atoms with Gasteiger partial charge in [-0.2, -0.15) is 0 Å². The van der Waals surface area contributed by atoms with Crippen LogP contribution in [0, 0.1) is 0 Å². The van der Waals surface area contributed by atoms with Gasteiger partial charge < -0.3 is 0 Å². The Balaban J connectivity index is 1.66. The van der Waals surface area contributed by atoms with Crippen molar-refractivity contribution < 1.29 is 0 Å². The molecule has 0 N–H and O–H groups in total. The minimum atomic E-state index is -0.246. The first-order valence-corrected chi connectivity index (χ1v) is 12.4. The van der Waals surface area contributed by atoms with Gasteiger partial charge in [-0.15, -0.1) is 0 Å². The highest BCUT2D eigenvalue weighted by Gasteiger charge is 2.36. The zero-order valence-electron chi connectivity index (χ0n) is 15.4. The Morgan fingerprint density at radius 3 is 1.31 bits per heavy atom. The molecular weight excluding hydrogens is 350 g/mol. The van der Waals surface area contributed by atoms with Gasteiger partial charge in [0.15, 0.2) is 0 Å². The predicted molar refractivity (Wildman–Crippen MR) is 118 cm³/mol. The van der Waals surface area contributed by atoms with Gasteiger partial charge in [0.05, 0.1) is 0 Å². The normalized spacial score (nSPS) is 26.5. The summed E-state index contributed by atoms with van der Waals surface area (Å²) in [4.78, 5) is 0. The first-order valence-electron chi connectivity index (χ1n) is 9.57. The van der Waals surface area contributed by atoms with Crippen LogP contribution in [-0.2, 0) is 12.8 Å². The maximum Gasteiger partial charge on any atom is -0.0112 e. The molecule has 0 aromatic heterocycles. The van der Waals surface area contributed by atoms with E-state index in [1.165, 1.54) is 12.8 Å². The number of rotatable bonds is 2. The Hall–Kier alpha value is -1.48. The van der Waals surface area contributed by atoms with E-state index in [4.69, 9.17) is 0 Å². The molecular formula is C24H24P2. The molecule has 0 radical (unpaired) electrons. The van der Waals surface area contributed by atoms with Crippen molar-refractivity contribution in [2.24, 2.45) is 0 Å². The minimum absolute atomic E-state index is 0.246. The highest BCUT2D eigenvalue weighted by atomic mass is 31.1. The molecule has 2 aliphatic rings. The van der Waals surface area contributed by atoms with Crippen LogP contribution in [0.1, 0.15) is 25.0 Å². The van der Waals surface area contributed by atoms with Gasteiger partial charge in [-0.25, -0.2) is 0 Å². The van der Waals surface area contributed by atoms with Crippen molar-refractivity contribution in [2.45, 2.75) is 38.0 Å². The van der Waals surface area contributed by atoms with Crippen LogP contribution in [0.2, 0.25) is 0 Å². The van der Waals surface area contributed by atoms with E-state index < -0.39 is 0 Å². The molecule has 5 rings (SSSR count). The fourth-order valence-electron chi connectivity index (χ4n) is 4.74. The molecule has 0 fully saturated rings. The largest absolute Gasteiger partial charge is 0.0619 e. The number of hydrogen-bond acceptors (Lipinski definition) is 0. The van der Waals surface area contributed by atoms with E-state index in [1.54, 1.807) is 32.3 Å². The summed E-state index contributed by atoms with van der Waals surface area (Å²) in [6.45, 7) is 4.92. The molecule has 0 amide bonds. The van der Waals surface area contributed by atoms with E-state index in [1.807, 2.05) is 0 Å². The summed E-state index contributed by atoms with van der Waals surface area (Å²) in [5, 5.41) is 6.54. The van der Waals surface area contributed by atoms with E-state index in [0.29, 0.717) is 0 Å². The molecule has 26 heavy (non-hydrogen) atoms. The lowest BCUT2D eigenvalue weighted by molar-refractivity contribution is 0.961. The lowest BCUT2D eigenvalue weighted by Gasteiger charge is -2.27. The topological polar surface area (TPSA) is 0 Å². The average molecular weight is 374 g/mol. The third kappa shape index (κ3) is 2.58. The summed E-state index contributed by atoms with van der Waals surface area (Å²) in [7, 11) is -0.493. The van der Waals surface area contributed by atoms with Gasteiger partial charge in [-0.05, 0) is 72.3 Å². The van der Waals surface area contributed by atoms with Crippen LogP contribution in [0.4, 0.5) is 0 Å². The molecule has 0 saturated carbocycles. The molecule has 0 nitrogen and oxygen atoms in total. The molecule has 0 aliphatic carbocycles. The minimum Gasteiger partial charge on any atom is -0.0619 e. The van der Waals surface area contributed by atoms with Crippen molar-refractivity contribution in [3.63, 3.8) is 0 Å². The Morgan fingerprint density at radius 2 is 0.885 bits per heavy atom. The lowest BCUT2D eigenvalue weighted by Crippen LogP contribution is -2.30. The fraction of sp³-hybridized carbons (Fsp3) is 0.250. The second kappa shape index (κ2) is 6.60. The van der Waals surface area contributed by atoms with Crippen LogP contribution in [-0.4, -0.2) is 11.3 Å². The van der Waals surface area contributed by atoms with Crippen molar-refractivity contribution in [1.82, 2.24) is 0 Å². The Kier molecular flexibility index (Phi) is 4.23. The van der Waals surface area contributed by atoms with E-state index in [-0.39, 0.29) is 15.8 Å². The summed E-state index contributed by atoms with van der Waals surface area (Å²) in [5.41, 5.74) is 4.64. The molecule has 3 aromatic rings. The molecule has 0 spiro atoms. The van der Waals surface area contributed by atoms with Gasteiger partial charge in [-0.3, -0.25) is 0 Å². The highest BCUT2D eigenvalue weighted by molar-refractivity contribution is 7.80. The van der Waals surface area contributed by atoms with Crippen LogP contribution in [0.25, 0.3) is 0 Å². The molecule has 4 atom stereocenters. The van der Waals surface area contributed by atoms with Crippen molar-refractivity contribution in [1.29, 1.82) is 0 Å². The van der Waals surface area contributed by atoms with Crippen LogP contribution in [0.5, 0.6) is 0 Å². The van der Waals surface area contributed by atoms with E-state index in [2.05, 4.69) is 86.6 Å². The molecule has 3 aromatic carbocycles. The van der Waals surface area contributed by atoms with Gasteiger partial charge >= 0.3 is 0 Å². The summed E-state index contributed by atoms with van der Waals surface area (Å²) in [5.74, 6) is 0. The summed E-state index contributed by atoms with van der Waals surface area (Å²) < 4.78 is 0. The van der Waals surface area contributed by atoms with Gasteiger partial charge in [0, 0.05) is 0 Å². The van der Waals surface area contributed by atoms with E-state index in [9.17, 15) is 0 Å². The SMILES string of the molecule is C[C@@H]1Cc2ccccc2P1c1ccccc1P1c2ccccc2C[C@H]1C. The second-order valence-electron chi connectivity index (χ2n) is 7.59. The van der Waals surface area contributed by atoms with Crippen molar-refractivity contribution in [2.75, 3.05) is 0 Å². The maximum absolute atomic E-state index is 2.46. The Labute approximate surface area is 159 Å². The Morgan fingerprint density at radius 1 is 0.538 bits per heavy atom. The molecule has 2 unspecified atom stereocenters. The van der Waals surface area contributed by atoms with E-state index in [0.717, 1.165) is 11.3 Å². The summed E-state index contributed by atoms with van der Waals surface area (Å²) in [6.07, 6.45) is 2.47. The first kappa shape index (κ1) is 16.7. The monoisotopic (exact) mass is 374 g/mol. The second-order valence-corrected chi connectivity index (χ2v) is 12.8. The Bertz CT molecular complexity index is 883. The smallest absolute Gasteiger partial charge is 0.0112 e. The van der Waals surface area contributed by atoms with Crippen molar-refractivity contribution in [3.8, 4) is 0 Å². The third-order valence-corrected chi connectivity index (χ3v) is 11.8. The standard InChI is InChI=1S/C24H24P2/c1-17-15-19-9-3-5-11-21(19)25(17)23-13-7-8-14-24(23)26-18(2)16-20-10-4-6-12-22(20)26/h3-14,17-18H,15-16H2,1-2H3/t17-,18-,25?,26?/m1/s1. The van der Waals surface area contributed by atoms with Crippen molar-refractivity contribution >= 4 is 37.1 Å². The van der Waals surface area contributed by atoms with Crippen LogP contribution >= 0.6 is 15.8 Å².